The van der Waals surface area contributed by atoms with Crippen molar-refractivity contribution in [2.75, 3.05) is 21.7 Å². The number of carbonyl (C=O) groups excluding carboxylic acids is 2. The molecule has 5 nitrogen and oxygen atoms in total. The second kappa shape index (κ2) is 9.80. The molecule has 3 aromatic rings. The van der Waals surface area contributed by atoms with Crippen molar-refractivity contribution in [3.8, 4) is 0 Å². The normalized spacial score (nSPS) is 10.3. The first-order valence-electron chi connectivity index (χ1n) is 9.23. The molecule has 3 rings (SSSR count). The molecule has 3 amide bonds. The van der Waals surface area contributed by atoms with Crippen LogP contribution in [0.4, 0.5) is 21.9 Å². The van der Waals surface area contributed by atoms with E-state index < -0.39 is 0 Å². The van der Waals surface area contributed by atoms with E-state index >= 15 is 0 Å². The third-order valence-electron chi connectivity index (χ3n) is 4.26. The van der Waals surface area contributed by atoms with Gasteiger partial charge in [0.2, 0.25) is 5.91 Å². The molecule has 0 aliphatic heterocycles. The number of amides is 3. The van der Waals surface area contributed by atoms with Gasteiger partial charge in [0.1, 0.15) is 0 Å². The van der Waals surface area contributed by atoms with E-state index in [0.29, 0.717) is 11.4 Å². The summed E-state index contributed by atoms with van der Waals surface area (Å²) >= 11 is 1.45. The molecule has 0 aliphatic rings. The minimum Gasteiger partial charge on any atom is -0.325 e. The number of rotatable bonds is 6. The highest BCUT2D eigenvalue weighted by Gasteiger charge is 2.08. The summed E-state index contributed by atoms with van der Waals surface area (Å²) in [6.07, 6.45) is 0. The van der Waals surface area contributed by atoms with Gasteiger partial charge in [0, 0.05) is 22.0 Å². The molecule has 29 heavy (non-hydrogen) atoms. The molecular weight excluding hydrogens is 382 g/mol. The van der Waals surface area contributed by atoms with Gasteiger partial charge in [0.15, 0.2) is 0 Å². The summed E-state index contributed by atoms with van der Waals surface area (Å²) < 4.78 is 0. The number of anilines is 3. The minimum absolute atomic E-state index is 0.0446. The summed E-state index contributed by atoms with van der Waals surface area (Å²) in [5.74, 6) is 0.270. The van der Waals surface area contributed by atoms with Crippen molar-refractivity contribution in [1.82, 2.24) is 0 Å². The summed E-state index contributed by atoms with van der Waals surface area (Å²) in [5, 5.41) is 8.54. The van der Waals surface area contributed by atoms with Gasteiger partial charge < -0.3 is 16.0 Å². The van der Waals surface area contributed by atoms with Crippen LogP contribution < -0.4 is 16.0 Å². The largest absolute Gasteiger partial charge is 0.325 e. The van der Waals surface area contributed by atoms with Crippen molar-refractivity contribution in [3.63, 3.8) is 0 Å². The topological polar surface area (TPSA) is 70.2 Å². The highest BCUT2D eigenvalue weighted by Crippen LogP contribution is 2.23. The Morgan fingerprint density at radius 2 is 1.31 bits per heavy atom. The highest BCUT2D eigenvalue weighted by atomic mass is 32.2. The van der Waals surface area contributed by atoms with Gasteiger partial charge in [-0.2, -0.15) is 0 Å². The molecule has 0 atom stereocenters. The Morgan fingerprint density at radius 1 is 0.724 bits per heavy atom. The van der Waals surface area contributed by atoms with Gasteiger partial charge in [0.25, 0.3) is 0 Å². The Bertz CT molecular complexity index is 969. The monoisotopic (exact) mass is 405 g/mol. The number of para-hydroxylation sites is 2. The molecule has 3 aromatic carbocycles. The molecule has 0 fully saturated rings. The van der Waals surface area contributed by atoms with E-state index in [0.717, 1.165) is 27.4 Å². The van der Waals surface area contributed by atoms with E-state index in [1.165, 1.54) is 11.8 Å². The molecule has 0 spiro atoms. The number of thioether (sulfide) groups is 1. The van der Waals surface area contributed by atoms with Gasteiger partial charge in [-0.3, -0.25) is 4.79 Å². The number of nitrogens with one attached hydrogen (secondary N) is 3. The number of aryl methyl sites for hydroxylation is 2. The van der Waals surface area contributed by atoms with E-state index in [9.17, 15) is 9.59 Å². The second-order valence-electron chi connectivity index (χ2n) is 6.57. The summed E-state index contributed by atoms with van der Waals surface area (Å²) in [7, 11) is 0. The minimum atomic E-state index is -0.301. The van der Waals surface area contributed by atoms with E-state index in [2.05, 4.69) is 16.0 Å². The fourth-order valence-electron chi connectivity index (χ4n) is 2.79. The number of urea groups is 1. The summed E-state index contributed by atoms with van der Waals surface area (Å²) in [6, 6.07) is 22.3. The fraction of sp³-hybridized carbons (Fsp3) is 0.130. The predicted molar refractivity (Wildman–Crippen MR) is 121 cm³/mol. The first-order valence-corrected chi connectivity index (χ1v) is 10.2. The average Bonchev–Trinajstić information content (AvgIpc) is 2.71. The number of carbonyl (C=O) groups is 2. The van der Waals surface area contributed by atoms with Crippen molar-refractivity contribution in [2.24, 2.45) is 0 Å². The van der Waals surface area contributed by atoms with Crippen molar-refractivity contribution >= 4 is 40.8 Å². The van der Waals surface area contributed by atoms with Gasteiger partial charge in [-0.1, -0.05) is 36.4 Å². The third-order valence-corrected chi connectivity index (χ3v) is 5.27. The number of hydrogen-bond donors (Lipinski definition) is 3. The Balaban J connectivity index is 1.49. The van der Waals surface area contributed by atoms with Gasteiger partial charge in [-0.25, -0.2) is 4.79 Å². The lowest BCUT2D eigenvalue weighted by Gasteiger charge is -2.11. The lowest BCUT2D eigenvalue weighted by molar-refractivity contribution is -0.113. The lowest BCUT2D eigenvalue weighted by atomic mass is 10.1. The maximum Gasteiger partial charge on any atom is 0.323 e. The van der Waals surface area contributed by atoms with Crippen LogP contribution in [0.3, 0.4) is 0 Å². The fourth-order valence-corrected chi connectivity index (χ4v) is 3.48. The highest BCUT2D eigenvalue weighted by molar-refractivity contribution is 8.00. The quantitative estimate of drug-likeness (QED) is 0.462. The van der Waals surface area contributed by atoms with E-state index in [-0.39, 0.29) is 11.9 Å². The van der Waals surface area contributed by atoms with Crippen LogP contribution in [-0.2, 0) is 4.79 Å². The van der Waals surface area contributed by atoms with Crippen LogP contribution in [0.5, 0.6) is 0 Å². The molecule has 0 saturated carbocycles. The molecule has 6 heteroatoms. The number of benzene rings is 3. The Kier molecular flexibility index (Phi) is 6.92. The van der Waals surface area contributed by atoms with Crippen molar-refractivity contribution in [1.29, 1.82) is 0 Å². The molecule has 3 N–H and O–H groups in total. The van der Waals surface area contributed by atoms with E-state index in [1.807, 2.05) is 86.6 Å². The van der Waals surface area contributed by atoms with Crippen LogP contribution in [0.2, 0.25) is 0 Å². The smallest absolute Gasteiger partial charge is 0.323 e. The predicted octanol–water partition coefficient (Wildman–Crippen LogP) is 5.68. The third kappa shape index (κ3) is 6.12. The first kappa shape index (κ1) is 20.5. The molecular formula is C23H23N3O2S. The maximum absolute atomic E-state index is 12.3. The molecule has 148 valence electrons. The van der Waals surface area contributed by atoms with Crippen molar-refractivity contribution in [2.45, 2.75) is 18.7 Å². The molecule has 0 radical (unpaired) electrons. The zero-order valence-electron chi connectivity index (χ0n) is 16.4. The van der Waals surface area contributed by atoms with Gasteiger partial charge >= 0.3 is 6.03 Å². The van der Waals surface area contributed by atoms with Crippen LogP contribution in [0, 0.1) is 13.8 Å². The zero-order valence-corrected chi connectivity index (χ0v) is 17.2. The molecule has 0 saturated heterocycles. The summed E-state index contributed by atoms with van der Waals surface area (Å²) in [6.45, 7) is 3.96. The maximum atomic E-state index is 12.3. The van der Waals surface area contributed by atoms with Gasteiger partial charge in [-0.15, -0.1) is 11.8 Å². The SMILES string of the molecule is Cc1cccc(C)c1NC(=O)CSc1ccc(NC(=O)Nc2ccccc2)cc1. The van der Waals surface area contributed by atoms with E-state index in [1.54, 1.807) is 0 Å². The molecule has 0 bridgehead atoms. The van der Waals surface area contributed by atoms with Crippen molar-refractivity contribution < 1.29 is 9.59 Å². The Labute approximate surface area is 174 Å². The van der Waals surface area contributed by atoms with Crippen LogP contribution in [0.1, 0.15) is 11.1 Å². The van der Waals surface area contributed by atoms with Crippen LogP contribution in [-0.4, -0.2) is 17.7 Å². The van der Waals surface area contributed by atoms with Crippen LogP contribution in [0.25, 0.3) is 0 Å². The first-order chi connectivity index (χ1) is 14.0. The van der Waals surface area contributed by atoms with Crippen molar-refractivity contribution in [3.05, 3.63) is 83.9 Å². The van der Waals surface area contributed by atoms with E-state index in [4.69, 9.17) is 0 Å². The molecule has 0 aromatic heterocycles. The molecule has 0 heterocycles. The Hall–Kier alpha value is -3.25. The second-order valence-corrected chi connectivity index (χ2v) is 7.62. The Morgan fingerprint density at radius 3 is 1.93 bits per heavy atom. The number of hydrogen-bond acceptors (Lipinski definition) is 3. The van der Waals surface area contributed by atoms with Gasteiger partial charge in [-0.05, 0) is 61.4 Å². The lowest BCUT2D eigenvalue weighted by Crippen LogP contribution is -2.19. The van der Waals surface area contributed by atoms with Crippen LogP contribution >= 0.6 is 11.8 Å². The van der Waals surface area contributed by atoms with Gasteiger partial charge in [0.05, 0.1) is 5.75 Å². The molecule has 0 unspecified atom stereocenters. The standard InChI is InChI=1S/C23H23N3O2S/c1-16-7-6-8-17(2)22(16)26-21(27)15-29-20-13-11-19(12-14-20)25-23(28)24-18-9-4-3-5-10-18/h3-14H,15H2,1-2H3,(H,26,27)(H2,24,25,28). The summed E-state index contributed by atoms with van der Waals surface area (Å²) in [4.78, 5) is 25.3. The zero-order chi connectivity index (χ0) is 20.6. The molecule has 0 aliphatic carbocycles. The summed E-state index contributed by atoms with van der Waals surface area (Å²) in [5.41, 5.74) is 4.39. The van der Waals surface area contributed by atoms with Crippen LogP contribution in [0.15, 0.2) is 77.7 Å². The average molecular weight is 406 g/mol.